The van der Waals surface area contributed by atoms with Crippen molar-refractivity contribution in [2.75, 3.05) is 5.73 Å². The van der Waals surface area contributed by atoms with Gasteiger partial charge in [0, 0.05) is 22.3 Å². The number of rotatable bonds is 3. The first-order valence-electron chi connectivity index (χ1n) is 6.55. The third-order valence-corrected chi connectivity index (χ3v) is 4.07. The van der Waals surface area contributed by atoms with Crippen LogP contribution in [0, 0.1) is 5.92 Å². The molecule has 1 aromatic carbocycles. The van der Waals surface area contributed by atoms with Gasteiger partial charge < -0.3 is 5.73 Å². The van der Waals surface area contributed by atoms with Crippen LogP contribution in [0.25, 0.3) is 11.4 Å². The summed E-state index contributed by atoms with van der Waals surface area (Å²) in [6, 6.07) is 5.77. The standard InChI is InChI=1S/C13H16BrN5/c14-11-5-10(6-12(15)7-11)13-16-17-18-19(13)8-9-3-1-2-4-9/h5-7,9H,1-4,8,15H2. The van der Waals surface area contributed by atoms with Crippen molar-refractivity contribution >= 4 is 21.6 Å². The van der Waals surface area contributed by atoms with E-state index in [1.54, 1.807) is 0 Å². The van der Waals surface area contributed by atoms with Crippen LogP contribution >= 0.6 is 15.9 Å². The fourth-order valence-electron chi connectivity index (χ4n) is 2.71. The predicted octanol–water partition coefficient (Wildman–Crippen LogP) is 2.88. The summed E-state index contributed by atoms with van der Waals surface area (Å²) in [5, 5.41) is 12.1. The molecule has 3 rings (SSSR count). The van der Waals surface area contributed by atoms with Crippen molar-refractivity contribution in [1.29, 1.82) is 0 Å². The maximum Gasteiger partial charge on any atom is 0.182 e. The lowest BCUT2D eigenvalue weighted by Crippen LogP contribution is -2.10. The third kappa shape index (κ3) is 2.78. The van der Waals surface area contributed by atoms with Crippen molar-refractivity contribution in [2.45, 2.75) is 32.2 Å². The topological polar surface area (TPSA) is 69.6 Å². The molecule has 0 amide bonds. The Morgan fingerprint density at radius 1 is 1.26 bits per heavy atom. The van der Waals surface area contributed by atoms with Crippen molar-refractivity contribution < 1.29 is 0 Å². The van der Waals surface area contributed by atoms with Crippen LogP contribution in [0.5, 0.6) is 0 Å². The van der Waals surface area contributed by atoms with Gasteiger partial charge in [0.2, 0.25) is 0 Å². The normalized spacial score (nSPS) is 16.1. The van der Waals surface area contributed by atoms with E-state index in [4.69, 9.17) is 5.73 Å². The molecule has 100 valence electrons. The Bertz CT molecular complexity index is 554. The van der Waals surface area contributed by atoms with Crippen LogP contribution in [0.1, 0.15) is 25.7 Å². The van der Waals surface area contributed by atoms with E-state index in [0.717, 1.165) is 22.4 Å². The van der Waals surface area contributed by atoms with Crippen molar-refractivity contribution in [3.05, 3.63) is 22.7 Å². The maximum atomic E-state index is 5.87. The molecule has 0 radical (unpaired) electrons. The summed E-state index contributed by atoms with van der Waals surface area (Å²) in [6.07, 6.45) is 5.21. The monoisotopic (exact) mass is 321 g/mol. The molecule has 19 heavy (non-hydrogen) atoms. The highest BCUT2D eigenvalue weighted by molar-refractivity contribution is 9.10. The second kappa shape index (κ2) is 5.28. The van der Waals surface area contributed by atoms with Gasteiger partial charge in [-0.05, 0) is 47.4 Å². The van der Waals surface area contributed by atoms with E-state index in [1.165, 1.54) is 25.7 Å². The van der Waals surface area contributed by atoms with E-state index >= 15 is 0 Å². The van der Waals surface area contributed by atoms with Crippen LogP contribution in [0.15, 0.2) is 22.7 Å². The quantitative estimate of drug-likeness (QED) is 0.882. The Balaban J connectivity index is 1.90. The Hall–Kier alpha value is -1.43. The molecule has 1 aromatic heterocycles. The minimum absolute atomic E-state index is 0.701. The van der Waals surface area contributed by atoms with Crippen molar-refractivity contribution in [3.63, 3.8) is 0 Å². The van der Waals surface area contributed by atoms with Gasteiger partial charge in [-0.1, -0.05) is 28.8 Å². The first-order chi connectivity index (χ1) is 9.22. The minimum atomic E-state index is 0.701. The molecule has 0 unspecified atom stereocenters. The van der Waals surface area contributed by atoms with Crippen LogP contribution < -0.4 is 5.73 Å². The summed E-state index contributed by atoms with van der Waals surface area (Å²) in [5.41, 5.74) is 7.53. The highest BCUT2D eigenvalue weighted by Crippen LogP contribution is 2.28. The molecule has 0 spiro atoms. The fraction of sp³-hybridized carbons (Fsp3) is 0.462. The number of aromatic nitrogens is 4. The summed E-state index contributed by atoms with van der Waals surface area (Å²) in [5.74, 6) is 1.49. The molecule has 1 fully saturated rings. The zero-order chi connectivity index (χ0) is 13.2. The van der Waals surface area contributed by atoms with Gasteiger partial charge in [-0.2, -0.15) is 0 Å². The molecule has 5 nitrogen and oxygen atoms in total. The Morgan fingerprint density at radius 3 is 2.79 bits per heavy atom. The first-order valence-corrected chi connectivity index (χ1v) is 7.34. The van der Waals surface area contributed by atoms with Gasteiger partial charge in [0.25, 0.3) is 0 Å². The number of hydrogen-bond acceptors (Lipinski definition) is 4. The lowest BCUT2D eigenvalue weighted by molar-refractivity contribution is 0.424. The molecule has 0 atom stereocenters. The molecule has 0 saturated heterocycles. The highest BCUT2D eigenvalue weighted by atomic mass is 79.9. The second-order valence-corrected chi connectivity index (χ2v) is 6.02. The fourth-order valence-corrected chi connectivity index (χ4v) is 3.22. The number of hydrogen-bond donors (Lipinski definition) is 1. The van der Waals surface area contributed by atoms with Gasteiger partial charge in [0.1, 0.15) is 0 Å². The SMILES string of the molecule is Nc1cc(Br)cc(-c2nnnn2CC2CCCC2)c1. The molecule has 1 aliphatic carbocycles. The molecule has 0 bridgehead atoms. The number of halogens is 1. The maximum absolute atomic E-state index is 5.87. The molecule has 2 N–H and O–H groups in total. The van der Waals surface area contributed by atoms with Crippen LogP contribution in [-0.4, -0.2) is 20.2 Å². The van der Waals surface area contributed by atoms with Crippen LogP contribution in [0.2, 0.25) is 0 Å². The van der Waals surface area contributed by atoms with E-state index in [9.17, 15) is 0 Å². The first kappa shape index (κ1) is 12.6. The third-order valence-electron chi connectivity index (χ3n) is 3.62. The average Bonchev–Trinajstić information content (AvgIpc) is 2.99. The van der Waals surface area contributed by atoms with Gasteiger partial charge in [-0.25, -0.2) is 4.68 Å². The summed E-state index contributed by atoms with van der Waals surface area (Å²) in [6.45, 7) is 0.898. The predicted molar refractivity (Wildman–Crippen MR) is 77.3 cm³/mol. The number of nitrogens with two attached hydrogens (primary N) is 1. The van der Waals surface area contributed by atoms with Gasteiger partial charge in [-0.15, -0.1) is 5.10 Å². The van der Waals surface area contributed by atoms with Crippen LogP contribution in [0.4, 0.5) is 5.69 Å². The van der Waals surface area contributed by atoms with E-state index in [0.29, 0.717) is 11.6 Å². The highest BCUT2D eigenvalue weighted by Gasteiger charge is 2.19. The van der Waals surface area contributed by atoms with E-state index in [1.807, 2.05) is 22.9 Å². The summed E-state index contributed by atoms with van der Waals surface area (Å²) < 4.78 is 2.84. The minimum Gasteiger partial charge on any atom is -0.399 e. The second-order valence-electron chi connectivity index (χ2n) is 5.11. The van der Waals surface area contributed by atoms with Gasteiger partial charge in [-0.3, -0.25) is 0 Å². The number of nitrogens with zero attached hydrogens (tertiary/aromatic N) is 4. The molecule has 2 aromatic rings. The summed E-state index contributed by atoms with van der Waals surface area (Å²) >= 11 is 3.45. The lowest BCUT2D eigenvalue weighted by Gasteiger charge is -2.10. The smallest absolute Gasteiger partial charge is 0.182 e. The molecule has 0 aliphatic heterocycles. The molecular weight excluding hydrogens is 306 g/mol. The van der Waals surface area contributed by atoms with Gasteiger partial charge >= 0.3 is 0 Å². The molecule has 1 saturated carbocycles. The summed E-state index contributed by atoms with van der Waals surface area (Å²) in [7, 11) is 0. The van der Waals surface area contributed by atoms with E-state index in [-0.39, 0.29) is 0 Å². The van der Waals surface area contributed by atoms with Crippen LogP contribution in [-0.2, 0) is 6.54 Å². The lowest BCUT2D eigenvalue weighted by atomic mass is 10.1. The van der Waals surface area contributed by atoms with Crippen LogP contribution in [0.3, 0.4) is 0 Å². The van der Waals surface area contributed by atoms with Crippen molar-refractivity contribution in [1.82, 2.24) is 20.2 Å². The van der Waals surface area contributed by atoms with Gasteiger partial charge in [0.15, 0.2) is 5.82 Å². The Labute approximate surface area is 120 Å². The van der Waals surface area contributed by atoms with Crippen molar-refractivity contribution in [3.8, 4) is 11.4 Å². The number of nitrogen functional groups attached to an aromatic ring is 1. The zero-order valence-electron chi connectivity index (χ0n) is 10.6. The molecule has 1 aliphatic rings. The van der Waals surface area contributed by atoms with E-state index in [2.05, 4.69) is 31.5 Å². The molecule has 6 heteroatoms. The Kier molecular flexibility index (Phi) is 3.50. The largest absolute Gasteiger partial charge is 0.399 e. The number of benzene rings is 1. The zero-order valence-corrected chi connectivity index (χ0v) is 12.2. The molecular formula is C13H16BrN5. The average molecular weight is 322 g/mol. The molecule has 1 heterocycles. The summed E-state index contributed by atoms with van der Waals surface area (Å²) in [4.78, 5) is 0. The van der Waals surface area contributed by atoms with Crippen molar-refractivity contribution in [2.24, 2.45) is 5.92 Å². The van der Waals surface area contributed by atoms with E-state index < -0.39 is 0 Å². The Morgan fingerprint density at radius 2 is 2.05 bits per heavy atom. The number of anilines is 1. The van der Waals surface area contributed by atoms with Gasteiger partial charge in [0.05, 0.1) is 0 Å². The number of tetrazole rings is 1.